The van der Waals surface area contributed by atoms with E-state index in [0.29, 0.717) is 11.7 Å². The van der Waals surface area contributed by atoms with Crippen molar-refractivity contribution in [2.24, 2.45) is 11.7 Å². The van der Waals surface area contributed by atoms with Crippen molar-refractivity contribution in [3.05, 3.63) is 24.0 Å². The molecule has 1 aromatic heterocycles. The predicted molar refractivity (Wildman–Crippen MR) is 73.2 cm³/mol. The molecule has 20 heavy (non-hydrogen) atoms. The third-order valence-corrected chi connectivity index (χ3v) is 3.53. The van der Waals surface area contributed by atoms with E-state index in [1.807, 2.05) is 0 Å². The van der Waals surface area contributed by atoms with Crippen molar-refractivity contribution < 1.29 is 14.3 Å². The van der Waals surface area contributed by atoms with Gasteiger partial charge in [0, 0.05) is 25.5 Å². The summed E-state index contributed by atoms with van der Waals surface area (Å²) in [6.07, 6.45) is 4.88. The number of aromatic nitrogens is 1. The first-order chi connectivity index (χ1) is 9.58. The Kier molecular flexibility index (Phi) is 4.55. The predicted octanol–water partition coefficient (Wildman–Crippen LogP) is 0.818. The zero-order valence-corrected chi connectivity index (χ0v) is 11.5. The SMILES string of the molecule is CC1CCN(C(=O)COc2ccncc2C(N)=O)CC1. The third kappa shape index (κ3) is 3.46. The second kappa shape index (κ2) is 6.36. The van der Waals surface area contributed by atoms with E-state index in [4.69, 9.17) is 10.5 Å². The van der Waals surface area contributed by atoms with Gasteiger partial charge >= 0.3 is 0 Å². The number of likely N-dealkylation sites (tertiary alicyclic amines) is 1. The van der Waals surface area contributed by atoms with Crippen molar-refractivity contribution >= 4 is 11.8 Å². The van der Waals surface area contributed by atoms with Gasteiger partial charge in [-0.05, 0) is 24.8 Å². The second-order valence-electron chi connectivity index (χ2n) is 5.09. The molecule has 1 aliphatic heterocycles. The lowest BCUT2D eigenvalue weighted by molar-refractivity contribution is -0.134. The first-order valence-corrected chi connectivity index (χ1v) is 6.72. The summed E-state index contributed by atoms with van der Waals surface area (Å²) in [6, 6.07) is 1.53. The Morgan fingerprint density at radius 3 is 2.80 bits per heavy atom. The molecule has 6 heteroatoms. The summed E-state index contributed by atoms with van der Waals surface area (Å²) >= 11 is 0. The maximum atomic E-state index is 12.0. The number of hydrogen-bond donors (Lipinski definition) is 1. The number of amides is 2. The average molecular weight is 277 g/mol. The molecule has 2 heterocycles. The van der Waals surface area contributed by atoms with Gasteiger partial charge in [0.25, 0.3) is 11.8 Å². The highest BCUT2D eigenvalue weighted by Gasteiger charge is 2.21. The molecule has 0 spiro atoms. The first kappa shape index (κ1) is 14.3. The van der Waals surface area contributed by atoms with E-state index in [-0.39, 0.29) is 18.1 Å². The van der Waals surface area contributed by atoms with Crippen LogP contribution in [0.2, 0.25) is 0 Å². The van der Waals surface area contributed by atoms with Crippen molar-refractivity contribution in [1.29, 1.82) is 0 Å². The van der Waals surface area contributed by atoms with E-state index >= 15 is 0 Å². The van der Waals surface area contributed by atoms with Gasteiger partial charge in [-0.15, -0.1) is 0 Å². The van der Waals surface area contributed by atoms with Crippen LogP contribution in [0.4, 0.5) is 0 Å². The Morgan fingerprint density at radius 1 is 1.45 bits per heavy atom. The van der Waals surface area contributed by atoms with E-state index in [0.717, 1.165) is 25.9 Å². The smallest absolute Gasteiger partial charge is 0.260 e. The van der Waals surface area contributed by atoms with E-state index in [1.165, 1.54) is 18.5 Å². The highest BCUT2D eigenvalue weighted by atomic mass is 16.5. The van der Waals surface area contributed by atoms with Gasteiger partial charge in [0.05, 0.1) is 5.56 Å². The molecule has 1 aromatic rings. The lowest BCUT2D eigenvalue weighted by Crippen LogP contribution is -2.40. The van der Waals surface area contributed by atoms with Crippen molar-refractivity contribution in [2.75, 3.05) is 19.7 Å². The Balaban J connectivity index is 1.92. The molecule has 0 unspecified atom stereocenters. The summed E-state index contributed by atoms with van der Waals surface area (Å²) in [5.41, 5.74) is 5.41. The van der Waals surface area contributed by atoms with Crippen LogP contribution in [0.25, 0.3) is 0 Å². The molecule has 0 bridgehead atoms. The van der Waals surface area contributed by atoms with Crippen LogP contribution in [0.3, 0.4) is 0 Å². The number of piperidine rings is 1. The summed E-state index contributed by atoms with van der Waals surface area (Å²) in [5, 5.41) is 0. The molecular weight excluding hydrogens is 258 g/mol. The number of rotatable bonds is 4. The summed E-state index contributed by atoms with van der Waals surface area (Å²) < 4.78 is 5.41. The van der Waals surface area contributed by atoms with Gasteiger partial charge in [0.1, 0.15) is 5.75 Å². The van der Waals surface area contributed by atoms with Crippen LogP contribution in [0.15, 0.2) is 18.5 Å². The van der Waals surface area contributed by atoms with Gasteiger partial charge in [-0.3, -0.25) is 14.6 Å². The largest absolute Gasteiger partial charge is 0.483 e. The molecule has 1 saturated heterocycles. The van der Waals surface area contributed by atoms with Gasteiger partial charge in [0.15, 0.2) is 6.61 Å². The fourth-order valence-corrected chi connectivity index (χ4v) is 2.18. The molecule has 0 aliphatic carbocycles. The van der Waals surface area contributed by atoms with Crippen LogP contribution in [0.1, 0.15) is 30.1 Å². The topological polar surface area (TPSA) is 85.5 Å². The summed E-state index contributed by atoms with van der Waals surface area (Å²) in [6.45, 7) is 3.64. The van der Waals surface area contributed by atoms with Crippen LogP contribution >= 0.6 is 0 Å². The van der Waals surface area contributed by atoms with Crippen LogP contribution in [0, 0.1) is 5.92 Å². The lowest BCUT2D eigenvalue weighted by atomic mass is 9.99. The van der Waals surface area contributed by atoms with E-state index < -0.39 is 5.91 Å². The Morgan fingerprint density at radius 2 is 2.15 bits per heavy atom. The zero-order chi connectivity index (χ0) is 14.5. The molecule has 1 fully saturated rings. The van der Waals surface area contributed by atoms with E-state index in [1.54, 1.807) is 4.90 Å². The van der Waals surface area contributed by atoms with E-state index in [2.05, 4.69) is 11.9 Å². The fourth-order valence-electron chi connectivity index (χ4n) is 2.18. The van der Waals surface area contributed by atoms with Crippen molar-refractivity contribution in [2.45, 2.75) is 19.8 Å². The number of carbonyl (C=O) groups excluding carboxylic acids is 2. The number of nitrogens with zero attached hydrogens (tertiary/aromatic N) is 2. The Bertz CT molecular complexity index is 496. The summed E-state index contributed by atoms with van der Waals surface area (Å²) in [7, 11) is 0. The van der Waals surface area contributed by atoms with Gasteiger partial charge in [-0.25, -0.2) is 0 Å². The molecule has 0 radical (unpaired) electrons. The van der Waals surface area contributed by atoms with Crippen LogP contribution in [0.5, 0.6) is 5.75 Å². The minimum absolute atomic E-state index is 0.0656. The maximum absolute atomic E-state index is 12.0. The molecule has 108 valence electrons. The second-order valence-corrected chi connectivity index (χ2v) is 5.09. The molecule has 0 saturated carbocycles. The van der Waals surface area contributed by atoms with Crippen LogP contribution < -0.4 is 10.5 Å². The minimum Gasteiger partial charge on any atom is -0.483 e. The van der Waals surface area contributed by atoms with Gasteiger partial charge in [-0.1, -0.05) is 6.92 Å². The average Bonchev–Trinajstić information content (AvgIpc) is 2.45. The standard InChI is InChI=1S/C14H19N3O3/c1-10-3-6-17(7-4-10)13(18)9-20-12-2-5-16-8-11(12)14(15)19/h2,5,8,10H,3-4,6-7,9H2,1H3,(H2,15,19). The zero-order valence-electron chi connectivity index (χ0n) is 11.5. The van der Waals surface area contributed by atoms with Crippen molar-refractivity contribution in [3.63, 3.8) is 0 Å². The fraction of sp³-hybridized carbons (Fsp3) is 0.500. The highest BCUT2D eigenvalue weighted by molar-refractivity contribution is 5.95. The first-order valence-electron chi connectivity index (χ1n) is 6.72. The summed E-state index contributed by atoms with van der Waals surface area (Å²) in [5.74, 6) is 0.282. The van der Waals surface area contributed by atoms with Gasteiger partial charge in [-0.2, -0.15) is 0 Å². The van der Waals surface area contributed by atoms with E-state index in [9.17, 15) is 9.59 Å². The minimum atomic E-state index is -0.618. The van der Waals surface area contributed by atoms with Crippen molar-refractivity contribution in [1.82, 2.24) is 9.88 Å². The number of nitrogens with two attached hydrogens (primary N) is 1. The monoisotopic (exact) mass is 277 g/mol. The quantitative estimate of drug-likeness (QED) is 0.882. The normalized spacial score (nSPS) is 15.9. The number of pyridine rings is 1. The van der Waals surface area contributed by atoms with Crippen molar-refractivity contribution in [3.8, 4) is 5.75 Å². The maximum Gasteiger partial charge on any atom is 0.260 e. The molecular formula is C14H19N3O3. The number of hydrogen-bond acceptors (Lipinski definition) is 4. The van der Waals surface area contributed by atoms with Gasteiger partial charge < -0.3 is 15.4 Å². The van der Waals surface area contributed by atoms with Gasteiger partial charge in [0.2, 0.25) is 0 Å². The number of carbonyl (C=O) groups is 2. The Labute approximate surface area is 117 Å². The Hall–Kier alpha value is -2.11. The molecule has 2 amide bonds. The molecule has 0 aromatic carbocycles. The summed E-state index contributed by atoms with van der Waals surface area (Å²) in [4.78, 5) is 28.9. The highest BCUT2D eigenvalue weighted by Crippen LogP contribution is 2.18. The van der Waals surface area contributed by atoms with Crippen LogP contribution in [-0.2, 0) is 4.79 Å². The molecule has 6 nitrogen and oxygen atoms in total. The lowest BCUT2D eigenvalue weighted by Gasteiger charge is -2.30. The third-order valence-electron chi connectivity index (χ3n) is 3.53. The molecule has 0 atom stereocenters. The number of primary amides is 1. The molecule has 2 N–H and O–H groups in total. The molecule has 2 rings (SSSR count). The number of ether oxygens (including phenoxy) is 1. The molecule has 1 aliphatic rings. The van der Waals surface area contributed by atoms with Crippen LogP contribution in [-0.4, -0.2) is 41.4 Å².